The molecule has 1 saturated heterocycles. The van der Waals surface area contributed by atoms with Gasteiger partial charge in [-0.15, -0.1) is 0 Å². The topological polar surface area (TPSA) is 61.9 Å². The van der Waals surface area contributed by atoms with Crippen molar-refractivity contribution in [2.45, 2.75) is 45.1 Å². The van der Waals surface area contributed by atoms with Crippen LogP contribution >= 0.6 is 0 Å². The van der Waals surface area contributed by atoms with Crippen LogP contribution in [0.15, 0.2) is 24.3 Å². The van der Waals surface area contributed by atoms with Crippen molar-refractivity contribution in [2.24, 2.45) is 0 Å². The number of hydrogen-bond donors (Lipinski definition) is 1. The molecule has 2 amide bonds. The van der Waals surface area contributed by atoms with Crippen molar-refractivity contribution in [3.05, 3.63) is 35.4 Å². The Morgan fingerprint density at radius 2 is 2.03 bits per heavy atom. The van der Waals surface area contributed by atoms with Gasteiger partial charge in [0.05, 0.1) is 24.6 Å². The highest BCUT2D eigenvalue weighted by Gasteiger charge is 2.37. The van der Waals surface area contributed by atoms with Gasteiger partial charge in [0.25, 0.3) is 0 Å². The van der Waals surface area contributed by atoms with Crippen molar-refractivity contribution >= 4 is 11.8 Å². The van der Waals surface area contributed by atoms with Gasteiger partial charge in [-0.2, -0.15) is 13.2 Å². The predicted octanol–water partition coefficient (Wildman–Crippen LogP) is 2.28. The van der Waals surface area contributed by atoms with Crippen LogP contribution in [0, 0.1) is 0 Å². The minimum Gasteiger partial charge on any atom is -0.383 e. The Hall–Kier alpha value is -2.13. The Morgan fingerprint density at radius 3 is 2.66 bits per heavy atom. The molecule has 1 heterocycles. The summed E-state index contributed by atoms with van der Waals surface area (Å²) in [6, 6.07) is 4.43. The van der Waals surface area contributed by atoms with Crippen LogP contribution in [0.1, 0.15) is 31.4 Å². The van der Waals surface area contributed by atoms with Gasteiger partial charge in [-0.3, -0.25) is 14.5 Å². The zero-order chi connectivity index (χ0) is 21.6. The lowest BCUT2D eigenvalue weighted by Crippen LogP contribution is -2.56. The van der Waals surface area contributed by atoms with Gasteiger partial charge in [0.2, 0.25) is 11.8 Å². The first-order valence-corrected chi connectivity index (χ1v) is 9.60. The zero-order valence-corrected chi connectivity index (χ0v) is 17.0. The Balaban J connectivity index is 2.20. The molecule has 1 aromatic carbocycles. The first-order chi connectivity index (χ1) is 13.6. The van der Waals surface area contributed by atoms with Crippen LogP contribution in [0.25, 0.3) is 0 Å². The molecular formula is C20H28F3N3O3. The summed E-state index contributed by atoms with van der Waals surface area (Å²) >= 11 is 0. The van der Waals surface area contributed by atoms with E-state index in [4.69, 9.17) is 4.74 Å². The van der Waals surface area contributed by atoms with Gasteiger partial charge in [-0.25, -0.2) is 0 Å². The second kappa shape index (κ2) is 10.1. The third-order valence-electron chi connectivity index (χ3n) is 4.99. The molecule has 2 rings (SSSR count). The van der Waals surface area contributed by atoms with Crippen molar-refractivity contribution in [3.8, 4) is 0 Å². The number of nitrogens with zero attached hydrogens (tertiary/aromatic N) is 2. The first kappa shape index (κ1) is 23.2. The molecule has 6 nitrogen and oxygen atoms in total. The number of alkyl halides is 3. The molecule has 0 aromatic heterocycles. The van der Waals surface area contributed by atoms with Crippen LogP contribution in [0.2, 0.25) is 0 Å². The van der Waals surface area contributed by atoms with Crippen LogP contribution in [0.4, 0.5) is 13.2 Å². The highest BCUT2D eigenvalue weighted by Crippen LogP contribution is 2.32. The summed E-state index contributed by atoms with van der Waals surface area (Å²) in [5, 5.41) is 2.71. The van der Waals surface area contributed by atoms with Crippen LogP contribution in [-0.4, -0.2) is 67.0 Å². The van der Waals surface area contributed by atoms with E-state index in [2.05, 4.69) is 5.32 Å². The van der Waals surface area contributed by atoms with Crippen molar-refractivity contribution in [2.75, 3.05) is 33.4 Å². The first-order valence-electron chi connectivity index (χ1n) is 9.60. The van der Waals surface area contributed by atoms with Crippen molar-refractivity contribution in [3.63, 3.8) is 0 Å². The molecule has 0 radical (unpaired) electrons. The number of amides is 2. The number of piperazine rings is 1. The summed E-state index contributed by atoms with van der Waals surface area (Å²) in [5.74, 6) is -0.572. The highest BCUT2D eigenvalue weighted by molar-refractivity contribution is 5.89. The molecular weight excluding hydrogens is 387 g/mol. The number of hydrogen-bond acceptors (Lipinski definition) is 4. The number of benzene rings is 1. The molecule has 1 aliphatic rings. The third-order valence-corrected chi connectivity index (χ3v) is 4.99. The lowest BCUT2D eigenvalue weighted by molar-refractivity contribution is -0.141. The molecule has 0 bridgehead atoms. The Morgan fingerprint density at radius 1 is 1.34 bits per heavy atom. The fourth-order valence-corrected chi connectivity index (χ4v) is 3.47. The third kappa shape index (κ3) is 6.17. The number of nitrogens with one attached hydrogen (secondary N) is 1. The SMILES string of the molecule is COCCN(C(=O)CC1C(=O)NCCN1Cc1ccccc1C(F)(F)F)C(C)C. The molecule has 1 unspecified atom stereocenters. The quantitative estimate of drug-likeness (QED) is 0.708. The normalized spacial score (nSPS) is 18.0. The monoisotopic (exact) mass is 415 g/mol. The number of ether oxygens (including phenoxy) is 1. The summed E-state index contributed by atoms with van der Waals surface area (Å²) in [4.78, 5) is 28.5. The molecule has 0 saturated carbocycles. The second-order valence-corrected chi connectivity index (χ2v) is 7.31. The summed E-state index contributed by atoms with van der Waals surface area (Å²) in [7, 11) is 1.54. The number of carbonyl (C=O) groups is 2. The van der Waals surface area contributed by atoms with E-state index in [1.54, 1.807) is 15.9 Å². The van der Waals surface area contributed by atoms with E-state index in [9.17, 15) is 22.8 Å². The van der Waals surface area contributed by atoms with Crippen LogP contribution < -0.4 is 5.32 Å². The van der Waals surface area contributed by atoms with Crippen LogP contribution in [-0.2, 0) is 27.0 Å². The van der Waals surface area contributed by atoms with Crippen molar-refractivity contribution in [1.82, 2.24) is 15.1 Å². The molecule has 9 heteroatoms. The summed E-state index contributed by atoms with van der Waals surface area (Å²) in [6.45, 7) is 5.13. The fraction of sp³-hybridized carbons (Fsp3) is 0.600. The van der Waals surface area contributed by atoms with Gasteiger partial charge in [0.1, 0.15) is 0 Å². The maximum absolute atomic E-state index is 13.3. The Bertz CT molecular complexity index is 710. The molecule has 1 aliphatic heterocycles. The van der Waals surface area contributed by atoms with E-state index in [1.165, 1.54) is 19.2 Å². The van der Waals surface area contributed by atoms with Crippen LogP contribution in [0.3, 0.4) is 0 Å². The molecule has 1 fully saturated rings. The maximum Gasteiger partial charge on any atom is 0.416 e. The van der Waals surface area contributed by atoms with Crippen LogP contribution in [0.5, 0.6) is 0 Å². The van der Waals surface area contributed by atoms with Crippen molar-refractivity contribution < 1.29 is 27.5 Å². The Kier molecular flexibility index (Phi) is 8.04. The number of halogens is 3. The molecule has 1 atom stereocenters. The van der Waals surface area contributed by atoms with E-state index in [-0.39, 0.29) is 36.4 Å². The molecule has 0 aliphatic carbocycles. The molecule has 0 spiro atoms. The smallest absolute Gasteiger partial charge is 0.383 e. The van der Waals surface area contributed by atoms with E-state index in [0.29, 0.717) is 26.2 Å². The number of carbonyl (C=O) groups excluding carboxylic acids is 2. The fourth-order valence-electron chi connectivity index (χ4n) is 3.47. The second-order valence-electron chi connectivity index (χ2n) is 7.31. The van der Waals surface area contributed by atoms with E-state index in [1.807, 2.05) is 13.8 Å². The number of methoxy groups -OCH3 is 1. The molecule has 1 aromatic rings. The minimum absolute atomic E-state index is 0.0548. The summed E-state index contributed by atoms with van der Waals surface area (Å²) in [6.07, 6.45) is -4.57. The lowest BCUT2D eigenvalue weighted by atomic mass is 10.0. The van der Waals surface area contributed by atoms with Crippen molar-refractivity contribution in [1.29, 1.82) is 0 Å². The van der Waals surface area contributed by atoms with E-state index < -0.39 is 17.8 Å². The Labute approximate surface area is 169 Å². The van der Waals surface area contributed by atoms with Gasteiger partial charge in [0, 0.05) is 39.3 Å². The van der Waals surface area contributed by atoms with Gasteiger partial charge in [-0.1, -0.05) is 18.2 Å². The predicted molar refractivity (Wildman–Crippen MR) is 102 cm³/mol. The van der Waals surface area contributed by atoms with E-state index >= 15 is 0 Å². The average molecular weight is 415 g/mol. The lowest BCUT2D eigenvalue weighted by Gasteiger charge is -2.37. The maximum atomic E-state index is 13.3. The number of rotatable bonds is 8. The minimum atomic E-state index is -4.48. The van der Waals surface area contributed by atoms with Gasteiger partial charge in [0.15, 0.2) is 0 Å². The molecule has 29 heavy (non-hydrogen) atoms. The largest absolute Gasteiger partial charge is 0.416 e. The molecule has 162 valence electrons. The zero-order valence-electron chi connectivity index (χ0n) is 17.0. The van der Waals surface area contributed by atoms with Gasteiger partial charge >= 0.3 is 6.18 Å². The van der Waals surface area contributed by atoms with Gasteiger partial charge < -0.3 is 15.0 Å². The standard InChI is InChI=1S/C20H28F3N3O3/c1-14(2)26(10-11-29-3)18(27)12-17-19(28)24-8-9-25(17)13-15-6-4-5-7-16(15)20(21,22)23/h4-7,14,17H,8-13H2,1-3H3,(H,24,28). The average Bonchev–Trinajstić information content (AvgIpc) is 2.64. The highest BCUT2D eigenvalue weighted by atomic mass is 19.4. The summed E-state index contributed by atoms with van der Waals surface area (Å²) < 4.78 is 45.0. The van der Waals surface area contributed by atoms with E-state index in [0.717, 1.165) is 6.07 Å². The van der Waals surface area contributed by atoms with Gasteiger partial charge in [-0.05, 0) is 25.5 Å². The molecule has 1 N–H and O–H groups in total. The summed E-state index contributed by atoms with van der Waals surface area (Å²) in [5.41, 5.74) is -0.632.